The highest BCUT2D eigenvalue weighted by Gasteiger charge is 2.28. The summed E-state index contributed by atoms with van der Waals surface area (Å²) in [5, 5.41) is 14.0. The van der Waals surface area contributed by atoms with Crippen LogP contribution in [0.4, 0.5) is 0 Å². The van der Waals surface area contributed by atoms with E-state index >= 15 is 0 Å². The Bertz CT molecular complexity index is 1180. The first-order chi connectivity index (χ1) is 35.0. The second-order valence-electron chi connectivity index (χ2n) is 23.5. The van der Waals surface area contributed by atoms with Crippen molar-refractivity contribution in [1.29, 1.82) is 0 Å². The maximum absolute atomic E-state index is 13.0. The minimum absolute atomic E-state index is 0.0652. The number of aliphatic hydroxyl groups is 1. The summed E-state index contributed by atoms with van der Waals surface area (Å²) in [5.74, 6) is -0.169. The molecular formula is C63H128N2O6P+. The van der Waals surface area contributed by atoms with Crippen molar-refractivity contribution < 1.29 is 32.9 Å². The van der Waals surface area contributed by atoms with Crippen LogP contribution in [-0.2, 0) is 18.4 Å². The maximum Gasteiger partial charge on any atom is 0.472 e. The van der Waals surface area contributed by atoms with Crippen LogP contribution in [-0.4, -0.2) is 73.4 Å². The summed E-state index contributed by atoms with van der Waals surface area (Å²) >= 11 is 0. The van der Waals surface area contributed by atoms with Gasteiger partial charge in [0.2, 0.25) is 5.91 Å². The molecule has 0 aromatic rings. The highest BCUT2D eigenvalue weighted by molar-refractivity contribution is 7.47. The van der Waals surface area contributed by atoms with Gasteiger partial charge in [-0.25, -0.2) is 4.57 Å². The fourth-order valence-electron chi connectivity index (χ4n) is 9.99. The monoisotopic (exact) mass is 1040 g/mol. The summed E-state index contributed by atoms with van der Waals surface area (Å²) in [6.45, 7) is 4.87. The Morgan fingerprint density at radius 1 is 0.458 bits per heavy atom. The quantitative estimate of drug-likeness (QED) is 0.0243. The van der Waals surface area contributed by atoms with E-state index in [-0.39, 0.29) is 19.1 Å². The van der Waals surface area contributed by atoms with Gasteiger partial charge in [-0.1, -0.05) is 321 Å². The van der Waals surface area contributed by atoms with Crippen molar-refractivity contribution in [3.63, 3.8) is 0 Å². The van der Waals surface area contributed by atoms with Crippen LogP contribution in [0.3, 0.4) is 0 Å². The molecule has 72 heavy (non-hydrogen) atoms. The van der Waals surface area contributed by atoms with Gasteiger partial charge in [-0.15, -0.1) is 0 Å². The van der Waals surface area contributed by atoms with Gasteiger partial charge in [0.05, 0.1) is 39.9 Å². The molecule has 1 unspecified atom stereocenters. The van der Waals surface area contributed by atoms with Crippen LogP contribution in [0, 0.1) is 0 Å². The van der Waals surface area contributed by atoms with Crippen LogP contribution >= 0.6 is 7.82 Å². The number of nitrogens with zero attached hydrogens (tertiary/aromatic N) is 1. The number of unbranched alkanes of at least 4 members (excludes halogenated alkanes) is 47. The Labute approximate surface area is 450 Å². The zero-order valence-electron chi connectivity index (χ0n) is 49.2. The lowest BCUT2D eigenvalue weighted by atomic mass is 10.0. The molecular weight excluding hydrogens is 912 g/mol. The number of phosphoric acid groups is 1. The highest BCUT2D eigenvalue weighted by atomic mass is 31.2. The molecule has 0 fully saturated rings. The van der Waals surface area contributed by atoms with Crippen LogP contribution in [0.5, 0.6) is 0 Å². The van der Waals surface area contributed by atoms with Gasteiger partial charge in [0.15, 0.2) is 0 Å². The number of carbonyl (C=O) groups excluding carboxylic acids is 1. The van der Waals surface area contributed by atoms with E-state index in [1.165, 1.54) is 283 Å². The van der Waals surface area contributed by atoms with E-state index in [0.29, 0.717) is 17.4 Å². The van der Waals surface area contributed by atoms with Crippen molar-refractivity contribution in [3.05, 3.63) is 12.2 Å². The number of quaternary nitrogens is 1. The summed E-state index contributed by atoms with van der Waals surface area (Å²) in [4.78, 5) is 23.3. The molecule has 0 heterocycles. The number of hydrogen-bond donors (Lipinski definition) is 3. The third-order valence-electron chi connectivity index (χ3n) is 15.0. The van der Waals surface area contributed by atoms with Crippen LogP contribution in [0.1, 0.15) is 335 Å². The van der Waals surface area contributed by atoms with Gasteiger partial charge >= 0.3 is 7.82 Å². The minimum Gasteiger partial charge on any atom is -0.387 e. The average Bonchev–Trinajstić information content (AvgIpc) is 3.34. The van der Waals surface area contributed by atoms with Gasteiger partial charge in [-0.3, -0.25) is 13.8 Å². The summed E-state index contributed by atoms with van der Waals surface area (Å²) in [7, 11) is 1.59. The Morgan fingerprint density at radius 2 is 0.736 bits per heavy atom. The van der Waals surface area contributed by atoms with E-state index in [4.69, 9.17) is 9.05 Å². The molecule has 0 bridgehead atoms. The van der Waals surface area contributed by atoms with Crippen molar-refractivity contribution in [1.82, 2.24) is 5.32 Å². The Kier molecular flexibility index (Phi) is 54.4. The molecule has 0 aliphatic heterocycles. The van der Waals surface area contributed by atoms with Gasteiger partial charge in [-0.05, 0) is 19.3 Å². The highest BCUT2D eigenvalue weighted by Crippen LogP contribution is 2.43. The normalized spacial score (nSPS) is 13.8. The zero-order chi connectivity index (χ0) is 52.7. The molecule has 0 aromatic carbocycles. The van der Waals surface area contributed by atoms with Crippen LogP contribution < -0.4 is 5.32 Å². The molecule has 0 rings (SSSR count). The molecule has 0 spiro atoms. The van der Waals surface area contributed by atoms with E-state index in [2.05, 4.69) is 19.2 Å². The lowest BCUT2D eigenvalue weighted by molar-refractivity contribution is -0.870. The van der Waals surface area contributed by atoms with Crippen molar-refractivity contribution in [2.75, 3.05) is 40.9 Å². The van der Waals surface area contributed by atoms with Crippen molar-refractivity contribution in [2.24, 2.45) is 0 Å². The Hall–Kier alpha value is -0.760. The summed E-state index contributed by atoms with van der Waals surface area (Å²) in [5.41, 5.74) is 0. The van der Waals surface area contributed by atoms with E-state index < -0.39 is 20.0 Å². The fraction of sp³-hybridized carbons (Fsp3) is 0.952. The molecule has 0 aliphatic carbocycles. The molecule has 430 valence electrons. The molecule has 3 N–H and O–H groups in total. The predicted molar refractivity (Wildman–Crippen MR) is 314 cm³/mol. The topological polar surface area (TPSA) is 105 Å². The number of phosphoric ester groups is 1. The molecule has 3 atom stereocenters. The third-order valence-corrected chi connectivity index (χ3v) is 16.0. The first kappa shape index (κ1) is 71.2. The molecule has 0 saturated carbocycles. The minimum atomic E-state index is -4.34. The zero-order valence-corrected chi connectivity index (χ0v) is 50.1. The standard InChI is InChI=1S/C63H127N2O6P/c1-6-8-10-12-14-16-18-20-22-24-25-26-27-28-29-30-31-32-33-34-35-36-37-38-39-41-43-45-47-49-51-53-55-57-63(67)64-61(60-71-72(68,69)70-59-58-65(3,4)5)62(66)56-54-52-50-48-46-44-42-40-23-21-19-17-15-13-11-9-7-2/h54,56,61-62,66H,6-53,55,57-60H2,1-5H3,(H-,64,67,68,69)/p+1/b56-54+/t61-,62+/m0/s1. The van der Waals surface area contributed by atoms with E-state index in [9.17, 15) is 19.4 Å². The predicted octanol–water partition coefficient (Wildman–Crippen LogP) is 19.8. The van der Waals surface area contributed by atoms with Gasteiger partial charge in [0.1, 0.15) is 13.2 Å². The summed E-state index contributed by atoms with van der Waals surface area (Å²) in [6.07, 6.45) is 69.2. The van der Waals surface area contributed by atoms with Crippen LogP contribution in [0.25, 0.3) is 0 Å². The number of nitrogens with one attached hydrogen (secondary N) is 1. The molecule has 9 heteroatoms. The number of allylic oxidation sites excluding steroid dienone is 1. The SMILES string of the molecule is CCCCCCCCCCCCCCCCC/C=C/[C@@H](O)[C@H](COP(=O)(O)OCC[N+](C)(C)C)NC(=O)CCCCCCCCCCCCCCCCCCCCCCCCCCCCCCCCCCC. The number of rotatable bonds is 60. The van der Waals surface area contributed by atoms with E-state index in [0.717, 1.165) is 32.1 Å². The molecule has 0 saturated heterocycles. The number of carbonyl (C=O) groups is 1. The van der Waals surface area contributed by atoms with Gasteiger partial charge in [0.25, 0.3) is 0 Å². The first-order valence-corrected chi connectivity index (χ1v) is 33.6. The largest absolute Gasteiger partial charge is 0.472 e. The number of likely N-dealkylation sites (N-methyl/N-ethyl adjacent to an activating group) is 1. The molecule has 8 nitrogen and oxygen atoms in total. The third kappa shape index (κ3) is 57.0. The molecule has 0 aromatic heterocycles. The number of amides is 1. The van der Waals surface area contributed by atoms with Crippen LogP contribution in [0.2, 0.25) is 0 Å². The van der Waals surface area contributed by atoms with E-state index in [1.54, 1.807) is 6.08 Å². The summed E-state index contributed by atoms with van der Waals surface area (Å²) < 4.78 is 23.7. The van der Waals surface area contributed by atoms with Crippen molar-refractivity contribution >= 4 is 13.7 Å². The van der Waals surface area contributed by atoms with Crippen molar-refractivity contribution in [2.45, 2.75) is 347 Å². The molecule has 0 aliphatic rings. The smallest absolute Gasteiger partial charge is 0.387 e. The van der Waals surface area contributed by atoms with Gasteiger partial charge in [-0.2, -0.15) is 0 Å². The fourth-order valence-corrected chi connectivity index (χ4v) is 10.7. The maximum atomic E-state index is 13.0. The Morgan fingerprint density at radius 3 is 1.03 bits per heavy atom. The average molecular weight is 1040 g/mol. The molecule has 0 radical (unpaired) electrons. The van der Waals surface area contributed by atoms with Gasteiger partial charge in [0, 0.05) is 6.42 Å². The number of hydrogen-bond acceptors (Lipinski definition) is 5. The lowest BCUT2D eigenvalue weighted by Crippen LogP contribution is -2.45. The molecule has 1 amide bonds. The summed E-state index contributed by atoms with van der Waals surface area (Å²) in [6, 6.07) is -0.842. The second-order valence-corrected chi connectivity index (χ2v) is 25.0. The van der Waals surface area contributed by atoms with Gasteiger partial charge < -0.3 is 19.8 Å². The van der Waals surface area contributed by atoms with Crippen LogP contribution in [0.15, 0.2) is 12.2 Å². The second kappa shape index (κ2) is 55.0. The Balaban J connectivity index is 3.98. The lowest BCUT2D eigenvalue weighted by Gasteiger charge is -2.25. The number of aliphatic hydroxyl groups excluding tert-OH is 1. The first-order valence-electron chi connectivity index (χ1n) is 32.1. The van der Waals surface area contributed by atoms with Crippen molar-refractivity contribution in [3.8, 4) is 0 Å². The van der Waals surface area contributed by atoms with E-state index in [1.807, 2.05) is 27.2 Å².